The fraction of sp³-hybridized carbons (Fsp3) is 0.150. The average molecular weight is 368 g/mol. The second kappa shape index (κ2) is 8.35. The van der Waals surface area contributed by atoms with Crippen molar-refractivity contribution in [3.63, 3.8) is 0 Å². The van der Waals surface area contributed by atoms with Gasteiger partial charge in [-0.25, -0.2) is 13.8 Å². The van der Waals surface area contributed by atoms with Gasteiger partial charge in [0.1, 0.15) is 5.69 Å². The summed E-state index contributed by atoms with van der Waals surface area (Å²) in [6, 6.07) is 10.5. The summed E-state index contributed by atoms with van der Waals surface area (Å²) in [5.74, 6) is -2.48. The summed E-state index contributed by atoms with van der Waals surface area (Å²) in [7, 11) is 1.94. The first-order valence-corrected chi connectivity index (χ1v) is 8.35. The zero-order valence-electron chi connectivity index (χ0n) is 14.7. The standard InChI is InChI=1S/C20H18F2N4O/c1-26(11-8-14-6-9-23-10-7-14)16-3-5-19(24-13-16)20(27)25-15-2-4-17(21)18(22)12-15/h2-7,9-10,12-13H,8,11H2,1H3,(H,25,27). The molecule has 7 heteroatoms. The number of halogens is 2. The zero-order chi connectivity index (χ0) is 19.2. The third kappa shape index (κ3) is 4.84. The number of rotatable bonds is 6. The minimum atomic E-state index is -1.02. The van der Waals surface area contributed by atoms with Crippen LogP contribution in [0, 0.1) is 11.6 Å². The topological polar surface area (TPSA) is 58.1 Å². The molecule has 3 aromatic rings. The van der Waals surface area contributed by atoms with Crippen molar-refractivity contribution in [1.29, 1.82) is 0 Å². The van der Waals surface area contributed by atoms with Gasteiger partial charge in [0.25, 0.3) is 5.91 Å². The Kier molecular flexibility index (Phi) is 5.71. The summed E-state index contributed by atoms with van der Waals surface area (Å²) in [5, 5.41) is 2.49. The van der Waals surface area contributed by atoms with E-state index >= 15 is 0 Å². The zero-order valence-corrected chi connectivity index (χ0v) is 14.7. The molecule has 0 unspecified atom stereocenters. The molecule has 0 atom stereocenters. The molecule has 0 aliphatic rings. The van der Waals surface area contributed by atoms with Crippen molar-refractivity contribution in [1.82, 2.24) is 9.97 Å². The summed E-state index contributed by atoms with van der Waals surface area (Å²) in [5.41, 5.74) is 2.41. The third-order valence-corrected chi connectivity index (χ3v) is 4.08. The van der Waals surface area contributed by atoms with Crippen LogP contribution in [0.3, 0.4) is 0 Å². The van der Waals surface area contributed by atoms with Crippen LogP contribution in [0.15, 0.2) is 61.1 Å². The van der Waals surface area contributed by atoms with Crippen LogP contribution < -0.4 is 10.2 Å². The van der Waals surface area contributed by atoms with Gasteiger partial charge >= 0.3 is 0 Å². The highest BCUT2D eigenvalue weighted by Gasteiger charge is 2.11. The predicted octanol–water partition coefficient (Wildman–Crippen LogP) is 3.69. The van der Waals surface area contributed by atoms with Gasteiger partial charge in [0.2, 0.25) is 0 Å². The molecule has 0 spiro atoms. The van der Waals surface area contributed by atoms with Crippen LogP contribution >= 0.6 is 0 Å². The van der Waals surface area contributed by atoms with E-state index in [9.17, 15) is 13.6 Å². The fourth-order valence-corrected chi connectivity index (χ4v) is 2.49. The van der Waals surface area contributed by atoms with E-state index in [4.69, 9.17) is 0 Å². The molecule has 3 rings (SSSR count). The summed E-state index contributed by atoms with van der Waals surface area (Å²) in [4.78, 5) is 22.4. The van der Waals surface area contributed by atoms with Gasteiger partial charge in [-0.15, -0.1) is 0 Å². The molecule has 0 saturated heterocycles. The number of hydrogen-bond acceptors (Lipinski definition) is 4. The van der Waals surface area contributed by atoms with Gasteiger partial charge in [-0.1, -0.05) is 0 Å². The largest absolute Gasteiger partial charge is 0.373 e. The monoisotopic (exact) mass is 368 g/mol. The fourth-order valence-electron chi connectivity index (χ4n) is 2.49. The number of benzene rings is 1. The number of likely N-dealkylation sites (N-methyl/N-ethyl adjacent to an activating group) is 1. The Morgan fingerprint density at radius 2 is 1.85 bits per heavy atom. The molecule has 27 heavy (non-hydrogen) atoms. The number of hydrogen-bond donors (Lipinski definition) is 1. The summed E-state index contributed by atoms with van der Waals surface area (Å²) < 4.78 is 26.2. The van der Waals surface area contributed by atoms with E-state index < -0.39 is 17.5 Å². The Balaban J connectivity index is 1.60. The number of pyridine rings is 2. The number of aromatic nitrogens is 2. The Labute approximate surface area is 155 Å². The number of amides is 1. The molecular formula is C20H18F2N4O. The first-order chi connectivity index (χ1) is 13.0. The SMILES string of the molecule is CN(CCc1ccncc1)c1ccc(C(=O)Nc2ccc(F)c(F)c2)nc1. The molecule has 2 aromatic heterocycles. The maximum absolute atomic E-state index is 13.2. The number of anilines is 2. The van der Waals surface area contributed by atoms with Crippen molar-refractivity contribution in [3.8, 4) is 0 Å². The lowest BCUT2D eigenvalue weighted by molar-refractivity contribution is 0.102. The lowest BCUT2D eigenvalue weighted by Crippen LogP contribution is -2.21. The van der Waals surface area contributed by atoms with Crippen LogP contribution in [-0.4, -0.2) is 29.5 Å². The minimum Gasteiger partial charge on any atom is -0.373 e. The second-order valence-corrected chi connectivity index (χ2v) is 6.01. The Hall–Kier alpha value is -3.35. The highest BCUT2D eigenvalue weighted by molar-refractivity contribution is 6.02. The third-order valence-electron chi connectivity index (χ3n) is 4.08. The van der Waals surface area contributed by atoms with Crippen LogP contribution in [-0.2, 0) is 6.42 Å². The molecule has 138 valence electrons. The van der Waals surface area contributed by atoms with E-state index in [2.05, 4.69) is 15.3 Å². The van der Waals surface area contributed by atoms with Gasteiger partial charge < -0.3 is 10.2 Å². The number of carbonyl (C=O) groups excluding carboxylic acids is 1. The van der Waals surface area contributed by atoms with Gasteiger partial charge in [0.05, 0.1) is 11.9 Å². The van der Waals surface area contributed by atoms with Crippen LogP contribution in [0.1, 0.15) is 16.1 Å². The lowest BCUT2D eigenvalue weighted by atomic mass is 10.2. The van der Waals surface area contributed by atoms with Crippen LogP contribution in [0.4, 0.5) is 20.2 Å². The molecule has 1 aromatic carbocycles. The highest BCUT2D eigenvalue weighted by atomic mass is 19.2. The Bertz CT molecular complexity index is 917. The van der Waals surface area contributed by atoms with E-state index in [-0.39, 0.29) is 11.4 Å². The lowest BCUT2D eigenvalue weighted by Gasteiger charge is -2.19. The quantitative estimate of drug-likeness (QED) is 0.721. The Morgan fingerprint density at radius 1 is 1.07 bits per heavy atom. The summed E-state index contributed by atoms with van der Waals surface area (Å²) in [6.07, 6.45) is 5.98. The van der Waals surface area contributed by atoms with Crippen molar-refractivity contribution in [2.75, 3.05) is 23.8 Å². The number of nitrogens with zero attached hydrogens (tertiary/aromatic N) is 3. The van der Waals surface area contributed by atoms with E-state index in [1.807, 2.05) is 24.1 Å². The van der Waals surface area contributed by atoms with Crippen molar-refractivity contribution in [2.24, 2.45) is 0 Å². The number of carbonyl (C=O) groups is 1. The van der Waals surface area contributed by atoms with Crippen LogP contribution in [0.2, 0.25) is 0 Å². The van der Waals surface area contributed by atoms with E-state index in [1.165, 1.54) is 11.6 Å². The maximum atomic E-state index is 13.2. The molecule has 5 nitrogen and oxygen atoms in total. The molecule has 2 heterocycles. The van der Waals surface area contributed by atoms with Crippen molar-refractivity contribution < 1.29 is 13.6 Å². The summed E-state index contributed by atoms with van der Waals surface area (Å²) >= 11 is 0. The van der Waals surface area contributed by atoms with Crippen LogP contribution in [0.25, 0.3) is 0 Å². The molecule has 0 aliphatic carbocycles. The van der Waals surface area contributed by atoms with Gasteiger partial charge in [0.15, 0.2) is 11.6 Å². The minimum absolute atomic E-state index is 0.166. The Morgan fingerprint density at radius 3 is 2.52 bits per heavy atom. The van der Waals surface area contributed by atoms with Gasteiger partial charge in [-0.3, -0.25) is 9.78 Å². The van der Waals surface area contributed by atoms with E-state index in [1.54, 1.807) is 30.7 Å². The first kappa shape index (κ1) is 18.4. The molecular weight excluding hydrogens is 350 g/mol. The van der Waals surface area contributed by atoms with Gasteiger partial charge in [-0.2, -0.15) is 0 Å². The smallest absolute Gasteiger partial charge is 0.274 e. The van der Waals surface area contributed by atoms with E-state index in [0.29, 0.717) is 0 Å². The number of nitrogens with one attached hydrogen (secondary N) is 1. The normalized spacial score (nSPS) is 10.5. The first-order valence-electron chi connectivity index (χ1n) is 8.35. The van der Waals surface area contributed by atoms with Crippen LogP contribution in [0.5, 0.6) is 0 Å². The molecule has 0 radical (unpaired) electrons. The molecule has 0 aliphatic heterocycles. The molecule has 1 amide bonds. The van der Waals surface area contributed by atoms with Gasteiger partial charge in [-0.05, 0) is 48.4 Å². The maximum Gasteiger partial charge on any atom is 0.274 e. The van der Waals surface area contributed by atoms with Crippen molar-refractivity contribution in [2.45, 2.75) is 6.42 Å². The second-order valence-electron chi connectivity index (χ2n) is 6.01. The summed E-state index contributed by atoms with van der Waals surface area (Å²) in [6.45, 7) is 0.784. The highest BCUT2D eigenvalue weighted by Crippen LogP contribution is 2.16. The average Bonchev–Trinajstić information content (AvgIpc) is 2.70. The van der Waals surface area contributed by atoms with E-state index in [0.717, 1.165) is 30.8 Å². The van der Waals surface area contributed by atoms with Crippen molar-refractivity contribution >= 4 is 17.3 Å². The molecule has 0 bridgehead atoms. The van der Waals surface area contributed by atoms with Crippen molar-refractivity contribution in [3.05, 3.63) is 83.9 Å². The molecule has 1 N–H and O–H groups in total. The molecule has 0 fully saturated rings. The predicted molar refractivity (Wildman–Crippen MR) is 99.8 cm³/mol. The molecule has 0 saturated carbocycles. The van der Waals surface area contributed by atoms with Gasteiger partial charge in [0, 0.05) is 37.7 Å².